The summed E-state index contributed by atoms with van der Waals surface area (Å²) in [6, 6.07) is 0. The molecular weight excluding hydrogens is 254 g/mol. The minimum Gasteiger partial charge on any atom is -0.383 e. The van der Waals surface area contributed by atoms with Crippen LogP contribution in [0.3, 0.4) is 0 Å². The highest BCUT2D eigenvalue weighted by molar-refractivity contribution is 5.05. The third-order valence-electron chi connectivity index (χ3n) is 3.33. The summed E-state index contributed by atoms with van der Waals surface area (Å²) in [5.74, 6) is 0. The first kappa shape index (κ1) is 14.7. The van der Waals surface area contributed by atoms with Crippen molar-refractivity contribution in [3.8, 4) is 0 Å². The summed E-state index contributed by atoms with van der Waals surface area (Å²) in [6.45, 7) is 6.50. The fourth-order valence-electron chi connectivity index (χ4n) is 2.19. The molecule has 2 rings (SSSR count). The maximum Gasteiger partial charge on any atom is 0.0949 e. The van der Waals surface area contributed by atoms with Gasteiger partial charge in [-0.1, -0.05) is 6.92 Å². The molecule has 0 aliphatic rings. The largest absolute Gasteiger partial charge is 0.383 e. The average Bonchev–Trinajstić information content (AvgIpc) is 3.05. The Balaban J connectivity index is 1.97. The van der Waals surface area contributed by atoms with Gasteiger partial charge in [0.1, 0.15) is 0 Å². The van der Waals surface area contributed by atoms with E-state index in [1.807, 2.05) is 30.5 Å². The molecule has 0 unspecified atom stereocenters. The highest BCUT2D eigenvalue weighted by atomic mass is 16.5. The highest BCUT2D eigenvalue weighted by Crippen LogP contribution is 2.09. The summed E-state index contributed by atoms with van der Waals surface area (Å²) < 4.78 is 9.11. The van der Waals surface area contributed by atoms with Crippen molar-refractivity contribution in [1.82, 2.24) is 24.2 Å². The van der Waals surface area contributed by atoms with E-state index in [0.29, 0.717) is 6.61 Å². The van der Waals surface area contributed by atoms with Crippen LogP contribution in [0.1, 0.15) is 18.2 Å². The molecule has 0 aromatic carbocycles. The summed E-state index contributed by atoms with van der Waals surface area (Å²) in [7, 11) is 3.66. The zero-order valence-corrected chi connectivity index (χ0v) is 12.5. The third-order valence-corrected chi connectivity index (χ3v) is 3.33. The van der Waals surface area contributed by atoms with Crippen molar-refractivity contribution < 1.29 is 4.74 Å². The van der Waals surface area contributed by atoms with E-state index in [2.05, 4.69) is 32.7 Å². The van der Waals surface area contributed by atoms with Gasteiger partial charge >= 0.3 is 0 Å². The molecule has 0 amide bonds. The van der Waals surface area contributed by atoms with Gasteiger partial charge in [0.05, 0.1) is 24.8 Å². The molecule has 0 N–H and O–H groups in total. The number of hydrogen-bond donors (Lipinski definition) is 0. The van der Waals surface area contributed by atoms with Crippen LogP contribution in [0.2, 0.25) is 0 Å². The zero-order valence-electron chi connectivity index (χ0n) is 12.5. The van der Waals surface area contributed by atoms with Gasteiger partial charge in [-0.25, -0.2) is 4.98 Å². The second-order valence-electron chi connectivity index (χ2n) is 4.90. The molecule has 2 heterocycles. The van der Waals surface area contributed by atoms with Gasteiger partial charge < -0.3 is 9.30 Å². The van der Waals surface area contributed by atoms with Gasteiger partial charge in [0.15, 0.2) is 0 Å². The minimum atomic E-state index is 0.706. The summed E-state index contributed by atoms with van der Waals surface area (Å²) in [4.78, 5) is 6.61. The van der Waals surface area contributed by atoms with Gasteiger partial charge in [0.25, 0.3) is 0 Å². The minimum absolute atomic E-state index is 0.706. The average molecular weight is 277 g/mol. The molecule has 2 aromatic rings. The van der Waals surface area contributed by atoms with Crippen LogP contribution in [0.4, 0.5) is 0 Å². The molecule has 0 saturated carbocycles. The predicted molar refractivity (Wildman–Crippen MR) is 77.1 cm³/mol. The lowest BCUT2D eigenvalue weighted by Gasteiger charge is -2.20. The Morgan fingerprint density at radius 2 is 2.15 bits per heavy atom. The van der Waals surface area contributed by atoms with E-state index in [1.165, 1.54) is 11.3 Å². The maximum absolute atomic E-state index is 5.13. The first-order valence-electron chi connectivity index (χ1n) is 6.90. The normalized spacial score (nSPS) is 11.4. The quantitative estimate of drug-likeness (QED) is 0.729. The molecule has 110 valence electrons. The monoisotopic (exact) mass is 277 g/mol. The molecule has 0 spiro atoms. The Kier molecular flexibility index (Phi) is 5.31. The van der Waals surface area contributed by atoms with Gasteiger partial charge in [0.2, 0.25) is 0 Å². The van der Waals surface area contributed by atoms with Gasteiger partial charge in [-0.2, -0.15) is 5.10 Å². The first-order chi connectivity index (χ1) is 9.72. The van der Waals surface area contributed by atoms with Crippen LogP contribution in [-0.2, 0) is 31.4 Å². The molecule has 0 saturated heterocycles. The van der Waals surface area contributed by atoms with E-state index in [1.54, 1.807) is 7.11 Å². The van der Waals surface area contributed by atoms with E-state index in [-0.39, 0.29) is 0 Å². The van der Waals surface area contributed by atoms with Crippen LogP contribution >= 0.6 is 0 Å². The Morgan fingerprint density at radius 1 is 1.30 bits per heavy atom. The van der Waals surface area contributed by atoms with Crippen molar-refractivity contribution in [3.63, 3.8) is 0 Å². The van der Waals surface area contributed by atoms with Crippen LogP contribution < -0.4 is 0 Å². The zero-order chi connectivity index (χ0) is 14.4. The Hall–Kier alpha value is -1.66. The summed E-state index contributed by atoms with van der Waals surface area (Å²) in [5.41, 5.74) is 2.45. The number of methoxy groups -OCH3 is 1. The SMILES string of the molecule is CCN(Cc1cnn(C)c1)Cc1cncn1CCOC. The van der Waals surface area contributed by atoms with Crippen LogP contribution in [0.15, 0.2) is 24.9 Å². The van der Waals surface area contributed by atoms with Crippen molar-refractivity contribution in [3.05, 3.63) is 36.2 Å². The lowest BCUT2D eigenvalue weighted by Crippen LogP contribution is -2.24. The molecular formula is C14H23N5O. The third kappa shape index (κ3) is 3.91. The molecule has 2 aromatic heterocycles. The number of aryl methyl sites for hydroxylation is 1. The van der Waals surface area contributed by atoms with Crippen LogP contribution in [0.25, 0.3) is 0 Å². The number of nitrogens with zero attached hydrogens (tertiary/aromatic N) is 5. The van der Waals surface area contributed by atoms with Crippen molar-refractivity contribution in [2.24, 2.45) is 7.05 Å². The highest BCUT2D eigenvalue weighted by Gasteiger charge is 2.09. The number of hydrogen-bond acceptors (Lipinski definition) is 4. The van der Waals surface area contributed by atoms with Gasteiger partial charge in [-0.15, -0.1) is 0 Å². The van der Waals surface area contributed by atoms with Gasteiger partial charge in [0, 0.05) is 51.7 Å². The Labute approximate surface area is 120 Å². The molecule has 0 aliphatic carbocycles. The fourth-order valence-corrected chi connectivity index (χ4v) is 2.19. The van der Waals surface area contributed by atoms with E-state index in [4.69, 9.17) is 4.74 Å². The maximum atomic E-state index is 5.13. The number of ether oxygens (including phenoxy) is 1. The molecule has 0 bridgehead atoms. The fraction of sp³-hybridized carbons (Fsp3) is 0.571. The molecule has 6 nitrogen and oxygen atoms in total. The van der Waals surface area contributed by atoms with Crippen molar-refractivity contribution in [2.45, 2.75) is 26.6 Å². The smallest absolute Gasteiger partial charge is 0.0949 e. The van der Waals surface area contributed by atoms with E-state index >= 15 is 0 Å². The van der Waals surface area contributed by atoms with Crippen molar-refractivity contribution in [2.75, 3.05) is 20.3 Å². The van der Waals surface area contributed by atoms with Gasteiger partial charge in [-0.3, -0.25) is 9.58 Å². The molecule has 0 aliphatic heterocycles. The van der Waals surface area contributed by atoms with Crippen LogP contribution in [-0.4, -0.2) is 44.5 Å². The predicted octanol–water partition coefficient (Wildman–Crippen LogP) is 1.29. The Bertz CT molecular complexity index is 519. The van der Waals surface area contributed by atoms with Crippen molar-refractivity contribution in [1.29, 1.82) is 0 Å². The number of rotatable bonds is 8. The lowest BCUT2D eigenvalue weighted by atomic mass is 10.3. The topological polar surface area (TPSA) is 48.1 Å². The summed E-state index contributed by atoms with van der Waals surface area (Å²) >= 11 is 0. The molecule has 0 fully saturated rings. The second kappa shape index (κ2) is 7.21. The second-order valence-corrected chi connectivity index (χ2v) is 4.90. The Morgan fingerprint density at radius 3 is 2.80 bits per heavy atom. The molecule has 0 atom stereocenters. The van der Waals surface area contributed by atoms with E-state index < -0.39 is 0 Å². The first-order valence-corrected chi connectivity index (χ1v) is 6.90. The summed E-state index contributed by atoms with van der Waals surface area (Å²) in [6.07, 6.45) is 7.78. The number of imidazole rings is 1. The van der Waals surface area contributed by atoms with Crippen LogP contribution in [0.5, 0.6) is 0 Å². The van der Waals surface area contributed by atoms with E-state index in [0.717, 1.165) is 26.2 Å². The number of aromatic nitrogens is 4. The lowest BCUT2D eigenvalue weighted by molar-refractivity contribution is 0.184. The van der Waals surface area contributed by atoms with Gasteiger partial charge in [-0.05, 0) is 6.54 Å². The standard InChI is InChI=1S/C14H23N5O/c1-4-18(10-13-7-16-17(2)9-13)11-14-8-15-12-19(14)5-6-20-3/h7-9,12H,4-6,10-11H2,1-3H3. The van der Waals surface area contributed by atoms with Crippen LogP contribution in [0, 0.1) is 0 Å². The summed E-state index contributed by atoms with van der Waals surface area (Å²) in [5, 5.41) is 4.21. The molecule has 6 heteroatoms. The van der Waals surface area contributed by atoms with E-state index in [9.17, 15) is 0 Å². The molecule has 0 radical (unpaired) electrons. The van der Waals surface area contributed by atoms with Crippen molar-refractivity contribution >= 4 is 0 Å². The molecule has 20 heavy (non-hydrogen) atoms.